The Morgan fingerprint density at radius 1 is 1.29 bits per heavy atom. The van der Waals surface area contributed by atoms with E-state index in [0.29, 0.717) is 0 Å². The van der Waals surface area contributed by atoms with E-state index in [1.807, 2.05) is 44.2 Å². The highest BCUT2D eigenvalue weighted by molar-refractivity contribution is 5.68. The predicted molar refractivity (Wildman–Crippen MR) is 84.2 cm³/mol. The highest BCUT2D eigenvalue weighted by atomic mass is 16.6. The zero-order chi connectivity index (χ0) is 15.3. The topological polar surface area (TPSA) is 41.6 Å². The first kappa shape index (κ1) is 15.8. The monoisotopic (exact) mass is 290 g/mol. The van der Waals surface area contributed by atoms with E-state index >= 15 is 0 Å². The summed E-state index contributed by atoms with van der Waals surface area (Å²) in [5, 5.41) is 3.35. The molecule has 1 aromatic rings. The Bertz CT molecular complexity index is 453. The number of carbonyl (C=O) groups is 1. The second kappa shape index (κ2) is 6.94. The number of amides is 1. The van der Waals surface area contributed by atoms with E-state index in [0.717, 1.165) is 37.9 Å². The summed E-state index contributed by atoms with van der Waals surface area (Å²) in [7, 11) is 1.80. The van der Waals surface area contributed by atoms with E-state index in [4.69, 9.17) is 4.74 Å². The maximum Gasteiger partial charge on any atom is 0.410 e. The van der Waals surface area contributed by atoms with Gasteiger partial charge in [-0.3, -0.25) is 0 Å². The lowest BCUT2D eigenvalue weighted by Gasteiger charge is -2.32. The molecule has 1 fully saturated rings. The molecule has 0 bridgehead atoms. The van der Waals surface area contributed by atoms with Gasteiger partial charge in [-0.2, -0.15) is 0 Å². The van der Waals surface area contributed by atoms with Crippen molar-refractivity contribution < 1.29 is 9.53 Å². The minimum atomic E-state index is -0.356. The number of nitrogens with one attached hydrogen (secondary N) is 1. The normalized spacial score (nSPS) is 24.0. The van der Waals surface area contributed by atoms with E-state index in [1.54, 1.807) is 11.9 Å². The van der Waals surface area contributed by atoms with Crippen LogP contribution in [0.1, 0.15) is 44.7 Å². The number of hydrogen-bond acceptors (Lipinski definition) is 3. The quantitative estimate of drug-likeness (QED) is 0.928. The molecule has 0 radical (unpaired) electrons. The smallest absolute Gasteiger partial charge is 0.410 e. The van der Waals surface area contributed by atoms with Gasteiger partial charge in [-0.05, 0) is 51.8 Å². The van der Waals surface area contributed by atoms with Gasteiger partial charge in [0.15, 0.2) is 0 Å². The molecule has 1 heterocycles. The summed E-state index contributed by atoms with van der Waals surface area (Å²) in [4.78, 5) is 14.1. The van der Waals surface area contributed by atoms with Crippen LogP contribution in [0.15, 0.2) is 30.3 Å². The molecule has 2 atom stereocenters. The summed E-state index contributed by atoms with van der Waals surface area (Å²) in [5.74, 6) is 0. The van der Waals surface area contributed by atoms with Crippen LogP contribution in [-0.2, 0) is 4.74 Å². The highest BCUT2D eigenvalue weighted by Gasteiger charge is 2.32. The molecule has 0 spiro atoms. The Morgan fingerprint density at radius 3 is 2.71 bits per heavy atom. The van der Waals surface area contributed by atoms with Crippen LogP contribution in [0.3, 0.4) is 0 Å². The first-order chi connectivity index (χ1) is 10.0. The Morgan fingerprint density at radius 2 is 2.00 bits per heavy atom. The van der Waals surface area contributed by atoms with Crippen LogP contribution >= 0.6 is 0 Å². The molecule has 1 aliphatic rings. The Hall–Kier alpha value is -1.55. The van der Waals surface area contributed by atoms with Crippen molar-refractivity contribution >= 4 is 6.09 Å². The molecule has 1 amide bonds. The van der Waals surface area contributed by atoms with E-state index in [2.05, 4.69) is 5.32 Å². The first-order valence-corrected chi connectivity index (χ1v) is 7.73. The number of nitrogens with zero attached hydrogens (tertiary/aromatic N) is 1. The molecule has 0 aromatic heterocycles. The van der Waals surface area contributed by atoms with Crippen molar-refractivity contribution in [1.82, 2.24) is 10.2 Å². The summed E-state index contributed by atoms with van der Waals surface area (Å²) in [5.41, 5.74) is 0.760. The summed E-state index contributed by atoms with van der Waals surface area (Å²) in [6.45, 7) is 5.97. The van der Waals surface area contributed by atoms with Gasteiger partial charge < -0.3 is 15.0 Å². The SMILES string of the molecule is C[C@@H](c1ccccc1)N(C)C(=O)OC1(C)CCCNCC1. The number of ether oxygens (including phenoxy) is 1. The van der Waals surface area contributed by atoms with Gasteiger partial charge in [0.1, 0.15) is 5.60 Å². The third-order valence-corrected chi connectivity index (χ3v) is 4.37. The van der Waals surface area contributed by atoms with Gasteiger partial charge in [0.2, 0.25) is 0 Å². The van der Waals surface area contributed by atoms with Gasteiger partial charge in [-0.15, -0.1) is 0 Å². The van der Waals surface area contributed by atoms with Crippen molar-refractivity contribution in [3.05, 3.63) is 35.9 Å². The molecule has 2 rings (SSSR count). The van der Waals surface area contributed by atoms with E-state index < -0.39 is 0 Å². The minimum absolute atomic E-state index is 0.00574. The Kier molecular flexibility index (Phi) is 5.23. The zero-order valence-electron chi connectivity index (χ0n) is 13.3. The fourth-order valence-electron chi connectivity index (χ4n) is 2.69. The zero-order valence-corrected chi connectivity index (χ0v) is 13.3. The molecule has 1 saturated heterocycles. The van der Waals surface area contributed by atoms with Crippen LogP contribution in [-0.4, -0.2) is 36.7 Å². The van der Waals surface area contributed by atoms with Crippen molar-refractivity contribution in [2.75, 3.05) is 20.1 Å². The molecule has 0 aliphatic carbocycles. The number of carbonyl (C=O) groups excluding carboxylic acids is 1. The summed E-state index contributed by atoms with van der Waals surface area (Å²) in [6, 6.07) is 10.0. The van der Waals surface area contributed by atoms with Crippen LogP contribution in [0.2, 0.25) is 0 Å². The van der Waals surface area contributed by atoms with Crippen molar-refractivity contribution in [3.63, 3.8) is 0 Å². The minimum Gasteiger partial charge on any atom is -0.443 e. The van der Waals surface area contributed by atoms with Crippen molar-refractivity contribution in [1.29, 1.82) is 0 Å². The number of benzene rings is 1. The molecule has 21 heavy (non-hydrogen) atoms. The summed E-state index contributed by atoms with van der Waals surface area (Å²) >= 11 is 0. The van der Waals surface area contributed by atoms with Crippen molar-refractivity contribution in [3.8, 4) is 0 Å². The van der Waals surface area contributed by atoms with Crippen LogP contribution in [0.25, 0.3) is 0 Å². The fraction of sp³-hybridized carbons (Fsp3) is 0.588. The first-order valence-electron chi connectivity index (χ1n) is 7.73. The molecule has 116 valence electrons. The van der Waals surface area contributed by atoms with Gasteiger partial charge in [0.05, 0.1) is 6.04 Å². The van der Waals surface area contributed by atoms with Crippen molar-refractivity contribution in [2.45, 2.75) is 44.8 Å². The van der Waals surface area contributed by atoms with Crippen LogP contribution in [0.4, 0.5) is 4.79 Å². The van der Waals surface area contributed by atoms with E-state index in [9.17, 15) is 4.79 Å². The molecule has 1 aromatic carbocycles. The second-order valence-electron chi connectivity index (χ2n) is 6.12. The van der Waals surface area contributed by atoms with Gasteiger partial charge in [-0.25, -0.2) is 4.79 Å². The largest absolute Gasteiger partial charge is 0.443 e. The molecule has 1 N–H and O–H groups in total. The second-order valence-corrected chi connectivity index (χ2v) is 6.12. The lowest BCUT2D eigenvalue weighted by molar-refractivity contribution is -0.00677. The maximum atomic E-state index is 12.4. The average molecular weight is 290 g/mol. The number of hydrogen-bond donors (Lipinski definition) is 1. The molecule has 0 saturated carbocycles. The van der Waals surface area contributed by atoms with E-state index in [-0.39, 0.29) is 17.7 Å². The van der Waals surface area contributed by atoms with Crippen LogP contribution < -0.4 is 5.32 Å². The predicted octanol–water partition coefficient (Wildman–Crippen LogP) is 3.35. The molecule has 1 unspecified atom stereocenters. The van der Waals surface area contributed by atoms with Gasteiger partial charge in [0.25, 0.3) is 0 Å². The molecule has 1 aliphatic heterocycles. The molecular formula is C17H26N2O2. The third kappa shape index (κ3) is 4.21. The summed E-state index contributed by atoms with van der Waals surface area (Å²) in [6.07, 6.45) is 2.59. The third-order valence-electron chi connectivity index (χ3n) is 4.37. The highest BCUT2D eigenvalue weighted by Crippen LogP contribution is 2.26. The molecular weight excluding hydrogens is 264 g/mol. The Labute approximate surface area is 127 Å². The fourth-order valence-corrected chi connectivity index (χ4v) is 2.69. The molecule has 4 nitrogen and oxygen atoms in total. The lowest BCUT2D eigenvalue weighted by Crippen LogP contribution is -2.39. The number of rotatable bonds is 3. The Balaban J connectivity index is 1.98. The van der Waals surface area contributed by atoms with E-state index in [1.165, 1.54) is 0 Å². The van der Waals surface area contributed by atoms with Crippen LogP contribution in [0.5, 0.6) is 0 Å². The van der Waals surface area contributed by atoms with Gasteiger partial charge in [0, 0.05) is 7.05 Å². The summed E-state index contributed by atoms with van der Waals surface area (Å²) < 4.78 is 5.81. The van der Waals surface area contributed by atoms with Gasteiger partial charge >= 0.3 is 6.09 Å². The van der Waals surface area contributed by atoms with Crippen LogP contribution in [0, 0.1) is 0 Å². The van der Waals surface area contributed by atoms with Crippen molar-refractivity contribution in [2.24, 2.45) is 0 Å². The molecule has 4 heteroatoms. The lowest BCUT2D eigenvalue weighted by atomic mass is 9.97. The average Bonchev–Trinajstić information content (AvgIpc) is 2.71. The standard InChI is InChI=1S/C17H26N2O2/c1-14(15-8-5-4-6-9-15)19(3)16(20)21-17(2)10-7-12-18-13-11-17/h4-6,8-9,14,18H,7,10-13H2,1-3H3/t14-,17?/m0/s1. The maximum absolute atomic E-state index is 12.4. The van der Waals surface area contributed by atoms with Gasteiger partial charge in [-0.1, -0.05) is 30.3 Å².